The maximum Gasteiger partial charge on any atom is 0.318 e. The molecule has 27 heavy (non-hydrogen) atoms. The molecule has 1 aromatic carbocycles. The van der Waals surface area contributed by atoms with E-state index >= 15 is 0 Å². The van der Waals surface area contributed by atoms with Gasteiger partial charge in [-0.2, -0.15) is 4.98 Å². The van der Waals surface area contributed by atoms with E-state index in [1.54, 1.807) is 0 Å². The summed E-state index contributed by atoms with van der Waals surface area (Å²) in [6, 6.07) is 6.31. The number of piperidine rings is 1. The predicted molar refractivity (Wildman–Crippen MR) is 97.6 cm³/mol. The van der Waals surface area contributed by atoms with Gasteiger partial charge in [0.05, 0.1) is 0 Å². The van der Waals surface area contributed by atoms with Gasteiger partial charge >= 0.3 is 6.03 Å². The molecule has 2 amide bonds. The van der Waals surface area contributed by atoms with Crippen molar-refractivity contribution >= 4 is 6.03 Å². The Kier molecular flexibility index (Phi) is 5.09. The zero-order valence-electron chi connectivity index (χ0n) is 15.5. The van der Waals surface area contributed by atoms with E-state index in [0.29, 0.717) is 17.7 Å². The standard InChI is InChI=1S/C20H25FN4O2/c1-13(19-23-18(24-27-19)16-4-5-16)22-20(26)25-10-8-15(9-11-25)12-14-2-6-17(21)7-3-14/h2-3,6-7,13,15-16H,4-5,8-12H2,1H3,(H,22,26). The lowest BCUT2D eigenvalue weighted by molar-refractivity contribution is 0.165. The summed E-state index contributed by atoms with van der Waals surface area (Å²) >= 11 is 0. The van der Waals surface area contributed by atoms with Crippen molar-refractivity contribution in [2.24, 2.45) is 5.92 Å². The van der Waals surface area contributed by atoms with Crippen molar-refractivity contribution < 1.29 is 13.7 Å². The number of urea groups is 1. The van der Waals surface area contributed by atoms with Gasteiger partial charge in [0.25, 0.3) is 0 Å². The molecule has 2 heterocycles. The first kappa shape index (κ1) is 17.9. The molecular formula is C20H25FN4O2. The van der Waals surface area contributed by atoms with E-state index in [2.05, 4.69) is 15.5 Å². The van der Waals surface area contributed by atoms with Crippen LogP contribution in [0.3, 0.4) is 0 Å². The summed E-state index contributed by atoms with van der Waals surface area (Å²) in [4.78, 5) is 18.8. The van der Waals surface area contributed by atoms with Crippen molar-refractivity contribution in [1.29, 1.82) is 0 Å². The van der Waals surface area contributed by atoms with Crippen LogP contribution in [-0.4, -0.2) is 34.2 Å². The number of halogens is 1. The molecule has 2 aliphatic rings. The van der Waals surface area contributed by atoms with Gasteiger partial charge < -0.3 is 14.7 Å². The van der Waals surface area contributed by atoms with Gasteiger partial charge in [-0.15, -0.1) is 0 Å². The minimum atomic E-state index is -0.297. The molecule has 1 N–H and O–H groups in total. The van der Waals surface area contributed by atoms with Crippen LogP contribution in [0.25, 0.3) is 0 Å². The number of rotatable bonds is 5. The molecule has 1 saturated heterocycles. The predicted octanol–water partition coefficient (Wildman–Crippen LogP) is 3.81. The average molecular weight is 372 g/mol. The van der Waals surface area contributed by atoms with Gasteiger partial charge in [-0.3, -0.25) is 0 Å². The van der Waals surface area contributed by atoms with E-state index in [0.717, 1.165) is 56.6 Å². The molecule has 1 saturated carbocycles. The van der Waals surface area contributed by atoms with Crippen molar-refractivity contribution in [2.75, 3.05) is 13.1 Å². The molecule has 1 atom stereocenters. The zero-order chi connectivity index (χ0) is 18.8. The van der Waals surface area contributed by atoms with Crippen LogP contribution in [0.2, 0.25) is 0 Å². The second kappa shape index (κ2) is 7.66. The summed E-state index contributed by atoms with van der Waals surface area (Å²) in [6.07, 6.45) is 5.06. The van der Waals surface area contributed by atoms with Crippen molar-refractivity contribution in [3.63, 3.8) is 0 Å². The van der Waals surface area contributed by atoms with Crippen molar-refractivity contribution in [3.05, 3.63) is 47.4 Å². The van der Waals surface area contributed by atoms with Gasteiger partial charge in [0, 0.05) is 19.0 Å². The molecule has 0 radical (unpaired) electrons. The van der Waals surface area contributed by atoms with Crippen LogP contribution < -0.4 is 5.32 Å². The van der Waals surface area contributed by atoms with Gasteiger partial charge in [-0.25, -0.2) is 9.18 Å². The first-order valence-corrected chi connectivity index (χ1v) is 9.72. The molecule has 1 aliphatic heterocycles. The van der Waals surface area contributed by atoms with Gasteiger partial charge in [-0.1, -0.05) is 17.3 Å². The summed E-state index contributed by atoms with van der Waals surface area (Å²) in [5, 5.41) is 6.96. The maximum atomic E-state index is 13.0. The molecule has 2 aromatic rings. The summed E-state index contributed by atoms with van der Waals surface area (Å²) in [5.41, 5.74) is 1.15. The lowest BCUT2D eigenvalue weighted by Gasteiger charge is -2.32. The Hall–Kier alpha value is -2.44. The fraction of sp³-hybridized carbons (Fsp3) is 0.550. The third-order valence-electron chi connectivity index (χ3n) is 5.45. The first-order valence-electron chi connectivity index (χ1n) is 9.72. The molecule has 4 rings (SSSR count). The lowest BCUT2D eigenvalue weighted by atomic mass is 9.90. The molecule has 6 nitrogen and oxygen atoms in total. The van der Waals surface area contributed by atoms with Crippen LogP contribution in [0.5, 0.6) is 0 Å². The van der Waals surface area contributed by atoms with Gasteiger partial charge in [0.2, 0.25) is 5.89 Å². The number of amides is 2. The summed E-state index contributed by atoms with van der Waals surface area (Å²) < 4.78 is 18.3. The molecule has 1 aliphatic carbocycles. The van der Waals surface area contributed by atoms with Crippen LogP contribution in [0.1, 0.15) is 61.8 Å². The summed E-state index contributed by atoms with van der Waals surface area (Å²) in [7, 11) is 0. The summed E-state index contributed by atoms with van der Waals surface area (Å²) in [6.45, 7) is 3.31. The van der Waals surface area contributed by atoms with Gasteiger partial charge in [0.1, 0.15) is 11.9 Å². The van der Waals surface area contributed by atoms with E-state index < -0.39 is 0 Å². The van der Waals surface area contributed by atoms with Gasteiger partial charge in [-0.05, 0) is 62.6 Å². The van der Waals surface area contributed by atoms with Crippen LogP contribution in [0.15, 0.2) is 28.8 Å². The smallest absolute Gasteiger partial charge is 0.318 e. The van der Waals surface area contributed by atoms with E-state index in [4.69, 9.17) is 4.52 Å². The second-order valence-electron chi connectivity index (χ2n) is 7.70. The van der Waals surface area contributed by atoms with Crippen LogP contribution in [-0.2, 0) is 6.42 Å². The van der Waals surface area contributed by atoms with E-state index in [1.807, 2.05) is 24.0 Å². The highest BCUT2D eigenvalue weighted by Crippen LogP contribution is 2.38. The Morgan fingerprint density at radius 2 is 1.96 bits per heavy atom. The van der Waals surface area contributed by atoms with Crippen LogP contribution >= 0.6 is 0 Å². The Labute approximate surface area is 158 Å². The molecule has 0 bridgehead atoms. The fourth-order valence-corrected chi connectivity index (χ4v) is 3.56. The molecule has 1 unspecified atom stereocenters. The number of likely N-dealkylation sites (tertiary alicyclic amines) is 1. The number of nitrogens with one attached hydrogen (secondary N) is 1. The number of nitrogens with zero attached hydrogens (tertiary/aromatic N) is 3. The molecule has 7 heteroatoms. The number of aromatic nitrogens is 2. The third kappa shape index (κ3) is 4.46. The number of carbonyl (C=O) groups is 1. The highest BCUT2D eigenvalue weighted by Gasteiger charge is 2.30. The second-order valence-corrected chi connectivity index (χ2v) is 7.70. The van der Waals surface area contributed by atoms with Crippen molar-refractivity contribution in [2.45, 2.75) is 51.0 Å². The Balaban J connectivity index is 1.24. The first-order chi connectivity index (χ1) is 13.1. The lowest BCUT2D eigenvalue weighted by Crippen LogP contribution is -2.45. The number of benzene rings is 1. The van der Waals surface area contributed by atoms with Gasteiger partial charge in [0.15, 0.2) is 5.82 Å². The monoisotopic (exact) mass is 372 g/mol. The molecular weight excluding hydrogens is 347 g/mol. The Bertz CT molecular complexity index is 780. The Morgan fingerprint density at radius 3 is 2.63 bits per heavy atom. The van der Waals surface area contributed by atoms with Crippen molar-refractivity contribution in [3.8, 4) is 0 Å². The zero-order valence-corrected chi connectivity index (χ0v) is 15.5. The fourth-order valence-electron chi connectivity index (χ4n) is 3.56. The topological polar surface area (TPSA) is 71.3 Å². The Morgan fingerprint density at radius 1 is 1.26 bits per heavy atom. The highest BCUT2D eigenvalue weighted by atomic mass is 19.1. The maximum absolute atomic E-state index is 13.0. The minimum Gasteiger partial charge on any atom is -0.337 e. The summed E-state index contributed by atoms with van der Waals surface area (Å²) in [5.74, 6) is 1.98. The minimum absolute atomic E-state index is 0.0890. The van der Waals surface area contributed by atoms with Crippen molar-refractivity contribution in [1.82, 2.24) is 20.4 Å². The van der Waals surface area contributed by atoms with Crippen LogP contribution in [0, 0.1) is 11.7 Å². The quantitative estimate of drug-likeness (QED) is 0.866. The molecule has 0 spiro atoms. The van der Waals surface area contributed by atoms with E-state index in [1.165, 1.54) is 12.1 Å². The number of hydrogen-bond donors (Lipinski definition) is 1. The SMILES string of the molecule is CC(NC(=O)N1CCC(Cc2ccc(F)cc2)CC1)c1nc(C2CC2)no1. The molecule has 1 aromatic heterocycles. The largest absolute Gasteiger partial charge is 0.337 e. The van der Waals surface area contributed by atoms with Crippen LogP contribution in [0.4, 0.5) is 9.18 Å². The normalized spacial score (nSPS) is 19.1. The average Bonchev–Trinajstić information content (AvgIpc) is 3.40. The third-order valence-corrected chi connectivity index (χ3v) is 5.45. The van der Waals surface area contributed by atoms with E-state index in [9.17, 15) is 9.18 Å². The molecule has 144 valence electrons. The number of carbonyl (C=O) groups excluding carboxylic acids is 1. The molecule has 2 fully saturated rings. The number of hydrogen-bond acceptors (Lipinski definition) is 4. The van der Waals surface area contributed by atoms with E-state index in [-0.39, 0.29) is 17.9 Å². The highest BCUT2D eigenvalue weighted by molar-refractivity contribution is 5.74.